The summed E-state index contributed by atoms with van der Waals surface area (Å²) in [5.74, 6) is 0.636. The fourth-order valence-corrected chi connectivity index (χ4v) is 1.56. The number of ether oxygens (including phenoxy) is 1. The molecule has 2 aromatic rings. The van der Waals surface area contributed by atoms with Gasteiger partial charge in [0.05, 0.1) is 0 Å². The molecule has 0 fully saturated rings. The maximum absolute atomic E-state index is 5.40. The van der Waals surface area contributed by atoms with Crippen molar-refractivity contribution in [2.24, 2.45) is 0 Å². The summed E-state index contributed by atoms with van der Waals surface area (Å²) in [5, 5.41) is 4.39. The predicted molar refractivity (Wildman–Crippen MR) is 45.6 cm³/mol. The molecule has 0 radical (unpaired) electrons. The van der Waals surface area contributed by atoms with Crippen molar-refractivity contribution in [1.82, 2.24) is 5.16 Å². The van der Waals surface area contributed by atoms with E-state index < -0.39 is 0 Å². The van der Waals surface area contributed by atoms with Crippen LogP contribution in [0.2, 0.25) is 0 Å². The Morgan fingerprint density at radius 1 is 1.50 bits per heavy atom. The summed E-state index contributed by atoms with van der Waals surface area (Å²) < 4.78 is 10.0. The monoisotopic (exact) mass is 181 g/mol. The van der Waals surface area contributed by atoms with Gasteiger partial charge in [0, 0.05) is 4.88 Å². The lowest BCUT2D eigenvalue weighted by Gasteiger charge is -1.94. The molecule has 4 heteroatoms. The van der Waals surface area contributed by atoms with Gasteiger partial charge in [0.15, 0.2) is 17.1 Å². The van der Waals surface area contributed by atoms with E-state index in [2.05, 4.69) is 9.68 Å². The van der Waals surface area contributed by atoms with E-state index >= 15 is 0 Å². The van der Waals surface area contributed by atoms with Gasteiger partial charge in [0.1, 0.15) is 6.20 Å². The molecule has 3 nitrogen and oxygen atoms in total. The molecule has 62 valence electrons. The van der Waals surface area contributed by atoms with Crippen LogP contribution in [0.4, 0.5) is 0 Å². The van der Waals surface area contributed by atoms with E-state index in [-0.39, 0.29) is 0 Å². The van der Waals surface area contributed by atoms with Crippen molar-refractivity contribution in [3.63, 3.8) is 0 Å². The zero-order chi connectivity index (χ0) is 8.39. The number of nitrogens with zero attached hydrogens (tertiary/aromatic N) is 1. The second-order valence-electron chi connectivity index (χ2n) is 2.33. The van der Waals surface area contributed by atoms with Crippen LogP contribution in [0.25, 0.3) is 0 Å². The average molecular weight is 181 g/mol. The van der Waals surface area contributed by atoms with Crippen molar-refractivity contribution in [3.05, 3.63) is 29.5 Å². The highest BCUT2D eigenvalue weighted by Gasteiger charge is 2.00. The highest BCUT2D eigenvalue weighted by Crippen LogP contribution is 2.28. The minimum atomic E-state index is 0.636. The van der Waals surface area contributed by atoms with E-state index in [1.165, 1.54) is 17.3 Å². The Morgan fingerprint density at radius 2 is 2.42 bits per heavy atom. The standard InChI is InChI=1S/C8H7NO2S/c1-6-2-3-8(12-6)11-7-4-9-10-5-7/h2-5H,1H3. The first-order chi connectivity index (χ1) is 5.84. The fourth-order valence-electron chi connectivity index (χ4n) is 0.829. The smallest absolute Gasteiger partial charge is 0.188 e. The Hall–Kier alpha value is -1.29. The fraction of sp³-hybridized carbons (Fsp3) is 0.125. The number of thiophene rings is 1. The molecule has 2 aromatic heterocycles. The zero-order valence-corrected chi connectivity index (χ0v) is 7.30. The van der Waals surface area contributed by atoms with Crippen molar-refractivity contribution < 1.29 is 9.26 Å². The Morgan fingerprint density at radius 3 is 3.00 bits per heavy atom. The third kappa shape index (κ3) is 1.48. The van der Waals surface area contributed by atoms with Gasteiger partial charge < -0.3 is 9.26 Å². The molecule has 0 spiro atoms. The van der Waals surface area contributed by atoms with Crippen LogP contribution in [0.5, 0.6) is 10.8 Å². The Labute approximate surface area is 73.6 Å². The maximum Gasteiger partial charge on any atom is 0.188 e. The van der Waals surface area contributed by atoms with Gasteiger partial charge in [-0.2, -0.15) is 0 Å². The van der Waals surface area contributed by atoms with Crippen LogP contribution in [0.15, 0.2) is 29.1 Å². The van der Waals surface area contributed by atoms with Crippen molar-refractivity contribution in [3.8, 4) is 10.8 Å². The molecule has 0 aliphatic carbocycles. The lowest BCUT2D eigenvalue weighted by Crippen LogP contribution is -1.74. The van der Waals surface area contributed by atoms with Crippen molar-refractivity contribution in [1.29, 1.82) is 0 Å². The largest absolute Gasteiger partial charge is 0.442 e. The topological polar surface area (TPSA) is 35.3 Å². The van der Waals surface area contributed by atoms with Crippen LogP contribution in [0.3, 0.4) is 0 Å². The molecule has 0 aliphatic heterocycles. The third-order valence-electron chi connectivity index (χ3n) is 1.34. The minimum absolute atomic E-state index is 0.636. The highest BCUT2D eigenvalue weighted by molar-refractivity contribution is 7.13. The second kappa shape index (κ2) is 2.98. The van der Waals surface area contributed by atoms with Crippen LogP contribution in [-0.4, -0.2) is 5.16 Å². The van der Waals surface area contributed by atoms with E-state index in [1.54, 1.807) is 11.3 Å². The Balaban J connectivity index is 2.14. The van der Waals surface area contributed by atoms with Gasteiger partial charge in [-0.25, -0.2) is 0 Å². The van der Waals surface area contributed by atoms with Gasteiger partial charge in [-0.15, -0.1) is 11.3 Å². The Bertz CT molecular complexity index is 353. The number of rotatable bonds is 2. The summed E-state index contributed by atoms with van der Waals surface area (Å²) in [6.07, 6.45) is 3.00. The number of hydrogen-bond donors (Lipinski definition) is 0. The quantitative estimate of drug-likeness (QED) is 0.714. The lowest BCUT2D eigenvalue weighted by molar-refractivity contribution is 0.411. The molecule has 0 saturated heterocycles. The van der Waals surface area contributed by atoms with Gasteiger partial charge in [-0.05, 0) is 19.1 Å². The van der Waals surface area contributed by atoms with Gasteiger partial charge in [-0.1, -0.05) is 5.16 Å². The molecule has 12 heavy (non-hydrogen) atoms. The molecule has 0 atom stereocenters. The van der Waals surface area contributed by atoms with Crippen molar-refractivity contribution in [2.45, 2.75) is 6.92 Å². The van der Waals surface area contributed by atoms with E-state index in [0.717, 1.165) is 5.06 Å². The zero-order valence-electron chi connectivity index (χ0n) is 6.48. The molecular weight excluding hydrogens is 174 g/mol. The van der Waals surface area contributed by atoms with Crippen LogP contribution >= 0.6 is 11.3 Å². The summed E-state index contributed by atoms with van der Waals surface area (Å²) in [6.45, 7) is 2.03. The molecule has 0 aromatic carbocycles. The maximum atomic E-state index is 5.40. The van der Waals surface area contributed by atoms with Gasteiger partial charge in [0.25, 0.3) is 0 Å². The number of aryl methyl sites for hydroxylation is 1. The van der Waals surface area contributed by atoms with Gasteiger partial charge in [0.2, 0.25) is 0 Å². The molecule has 0 saturated carbocycles. The lowest BCUT2D eigenvalue weighted by atomic mass is 10.5. The van der Waals surface area contributed by atoms with Gasteiger partial charge in [-0.3, -0.25) is 0 Å². The van der Waals surface area contributed by atoms with Crippen LogP contribution in [0, 0.1) is 6.92 Å². The highest BCUT2D eigenvalue weighted by atomic mass is 32.1. The van der Waals surface area contributed by atoms with Crippen molar-refractivity contribution in [2.75, 3.05) is 0 Å². The molecule has 0 aliphatic rings. The summed E-state index contributed by atoms with van der Waals surface area (Å²) in [6, 6.07) is 3.93. The summed E-state index contributed by atoms with van der Waals surface area (Å²) >= 11 is 1.59. The molecular formula is C8H7NO2S. The summed E-state index contributed by atoms with van der Waals surface area (Å²) in [7, 11) is 0. The van der Waals surface area contributed by atoms with Crippen molar-refractivity contribution >= 4 is 11.3 Å². The summed E-state index contributed by atoms with van der Waals surface area (Å²) in [4.78, 5) is 1.22. The van der Waals surface area contributed by atoms with Gasteiger partial charge >= 0.3 is 0 Å². The molecule has 2 heterocycles. The molecule has 0 N–H and O–H groups in total. The van der Waals surface area contributed by atoms with E-state index in [9.17, 15) is 0 Å². The molecule has 2 rings (SSSR count). The predicted octanol–water partition coefficient (Wildman–Crippen LogP) is 2.84. The third-order valence-corrected chi connectivity index (χ3v) is 2.22. The molecule has 0 unspecified atom stereocenters. The minimum Gasteiger partial charge on any atom is -0.442 e. The average Bonchev–Trinajstić information content (AvgIpc) is 2.63. The van der Waals surface area contributed by atoms with Crippen LogP contribution in [-0.2, 0) is 0 Å². The second-order valence-corrected chi connectivity index (χ2v) is 3.58. The summed E-state index contributed by atoms with van der Waals surface area (Å²) in [5.41, 5.74) is 0. The van der Waals surface area contributed by atoms with Crippen LogP contribution < -0.4 is 4.74 Å². The SMILES string of the molecule is Cc1ccc(Oc2cnoc2)s1. The first kappa shape index (κ1) is 7.36. The van der Waals surface area contributed by atoms with E-state index in [0.29, 0.717) is 5.75 Å². The molecule has 0 bridgehead atoms. The first-order valence-electron chi connectivity index (χ1n) is 3.48. The molecule has 0 amide bonds. The number of hydrogen-bond acceptors (Lipinski definition) is 4. The van der Waals surface area contributed by atoms with E-state index in [4.69, 9.17) is 4.74 Å². The van der Waals surface area contributed by atoms with E-state index in [1.807, 2.05) is 19.1 Å². The van der Waals surface area contributed by atoms with Crippen LogP contribution in [0.1, 0.15) is 4.88 Å². The normalized spacial score (nSPS) is 10.1. The first-order valence-corrected chi connectivity index (χ1v) is 4.30. The number of aromatic nitrogens is 1. The Kier molecular flexibility index (Phi) is 1.83.